The van der Waals surface area contributed by atoms with E-state index in [1.54, 1.807) is 13.0 Å². The van der Waals surface area contributed by atoms with Gasteiger partial charge in [0.1, 0.15) is 0 Å². The van der Waals surface area contributed by atoms with E-state index in [9.17, 15) is 9.59 Å². The van der Waals surface area contributed by atoms with Gasteiger partial charge in [-0.05, 0) is 25.2 Å². The molecule has 0 rings (SSSR count). The lowest BCUT2D eigenvalue weighted by atomic mass is 9.87. The van der Waals surface area contributed by atoms with Gasteiger partial charge in [0.05, 0.1) is 5.92 Å². The Morgan fingerprint density at radius 1 is 1.40 bits per heavy atom. The van der Waals surface area contributed by atoms with E-state index in [0.717, 1.165) is 12.8 Å². The molecule has 2 unspecified atom stereocenters. The average Bonchev–Trinajstić information content (AvgIpc) is 2.10. The van der Waals surface area contributed by atoms with Crippen LogP contribution in [0.15, 0.2) is 12.7 Å². The van der Waals surface area contributed by atoms with Crippen molar-refractivity contribution in [2.45, 2.75) is 32.6 Å². The van der Waals surface area contributed by atoms with E-state index < -0.39 is 17.9 Å². The number of hydrogen-bond donors (Lipinski definition) is 2. The van der Waals surface area contributed by atoms with Gasteiger partial charge in [0.25, 0.3) is 0 Å². The molecule has 0 aliphatic rings. The Balaban J connectivity index is 4.18. The van der Waals surface area contributed by atoms with Crippen LogP contribution in [-0.2, 0) is 9.59 Å². The SMILES string of the molecule is C=CCCCC(C(=O)O)C(C)CC(=O)O. The van der Waals surface area contributed by atoms with E-state index in [-0.39, 0.29) is 12.3 Å². The van der Waals surface area contributed by atoms with E-state index >= 15 is 0 Å². The normalized spacial score (nSPS) is 14.2. The molecule has 0 aromatic rings. The van der Waals surface area contributed by atoms with Crippen LogP contribution in [0, 0.1) is 11.8 Å². The zero-order valence-corrected chi connectivity index (χ0v) is 8.98. The summed E-state index contributed by atoms with van der Waals surface area (Å²) in [6.07, 6.45) is 3.66. The van der Waals surface area contributed by atoms with Crippen LogP contribution in [0.1, 0.15) is 32.6 Å². The molecule has 86 valence electrons. The van der Waals surface area contributed by atoms with Gasteiger partial charge in [0.2, 0.25) is 0 Å². The Kier molecular flexibility index (Phi) is 6.42. The molecule has 0 saturated carbocycles. The number of allylic oxidation sites excluding steroid dienone is 1. The number of rotatable bonds is 8. The molecule has 0 fully saturated rings. The van der Waals surface area contributed by atoms with Gasteiger partial charge in [0, 0.05) is 6.42 Å². The quantitative estimate of drug-likeness (QED) is 0.479. The smallest absolute Gasteiger partial charge is 0.306 e. The highest BCUT2D eigenvalue weighted by Crippen LogP contribution is 2.22. The van der Waals surface area contributed by atoms with Crippen LogP contribution in [0.25, 0.3) is 0 Å². The Bertz CT molecular complexity index is 235. The summed E-state index contributed by atoms with van der Waals surface area (Å²) in [5.74, 6) is -2.75. The van der Waals surface area contributed by atoms with Crippen LogP contribution in [0.3, 0.4) is 0 Å². The van der Waals surface area contributed by atoms with Crippen molar-refractivity contribution in [2.75, 3.05) is 0 Å². The van der Waals surface area contributed by atoms with Crippen LogP contribution in [0.2, 0.25) is 0 Å². The summed E-state index contributed by atoms with van der Waals surface area (Å²) in [6, 6.07) is 0. The number of carbonyl (C=O) groups is 2. The number of carboxylic acids is 2. The Hall–Kier alpha value is -1.32. The fourth-order valence-electron chi connectivity index (χ4n) is 1.55. The second kappa shape index (κ2) is 7.04. The number of unbranched alkanes of at least 4 members (excludes halogenated alkanes) is 1. The minimum absolute atomic E-state index is 0.0922. The van der Waals surface area contributed by atoms with Gasteiger partial charge in [-0.25, -0.2) is 0 Å². The maximum absolute atomic E-state index is 10.9. The standard InChI is InChI=1S/C11H18O4/c1-3-4-5-6-9(11(14)15)8(2)7-10(12)13/h3,8-9H,1,4-7H2,2H3,(H,12,13)(H,14,15). The van der Waals surface area contributed by atoms with Gasteiger partial charge < -0.3 is 10.2 Å². The largest absolute Gasteiger partial charge is 0.481 e. The van der Waals surface area contributed by atoms with Crippen molar-refractivity contribution in [1.29, 1.82) is 0 Å². The molecule has 0 spiro atoms. The first-order chi connectivity index (χ1) is 6.99. The Morgan fingerprint density at radius 3 is 2.40 bits per heavy atom. The molecule has 2 atom stereocenters. The van der Waals surface area contributed by atoms with Gasteiger partial charge in [-0.2, -0.15) is 0 Å². The second-order valence-corrected chi connectivity index (χ2v) is 3.74. The Labute approximate surface area is 89.6 Å². The molecular weight excluding hydrogens is 196 g/mol. The van der Waals surface area contributed by atoms with Gasteiger partial charge in [-0.3, -0.25) is 9.59 Å². The van der Waals surface area contributed by atoms with E-state index in [2.05, 4.69) is 6.58 Å². The highest BCUT2D eigenvalue weighted by atomic mass is 16.4. The summed E-state index contributed by atoms with van der Waals surface area (Å²) in [5, 5.41) is 17.5. The van der Waals surface area contributed by atoms with E-state index in [4.69, 9.17) is 10.2 Å². The highest BCUT2D eigenvalue weighted by molar-refractivity contribution is 5.72. The predicted molar refractivity (Wildman–Crippen MR) is 56.6 cm³/mol. The molecular formula is C11H18O4. The van der Waals surface area contributed by atoms with Gasteiger partial charge in [-0.1, -0.05) is 13.0 Å². The third-order valence-electron chi connectivity index (χ3n) is 2.42. The van der Waals surface area contributed by atoms with Crippen molar-refractivity contribution < 1.29 is 19.8 Å². The number of carboxylic acid groups (broad SMARTS) is 2. The minimum atomic E-state index is -0.947. The molecule has 4 nitrogen and oxygen atoms in total. The zero-order chi connectivity index (χ0) is 11.8. The summed E-state index contributed by atoms with van der Waals surface area (Å²) in [4.78, 5) is 21.4. The first-order valence-electron chi connectivity index (χ1n) is 5.04. The minimum Gasteiger partial charge on any atom is -0.481 e. The van der Waals surface area contributed by atoms with Crippen molar-refractivity contribution >= 4 is 11.9 Å². The van der Waals surface area contributed by atoms with Gasteiger partial charge in [0.15, 0.2) is 0 Å². The average molecular weight is 214 g/mol. The van der Waals surface area contributed by atoms with Crippen LogP contribution in [0.4, 0.5) is 0 Å². The third kappa shape index (κ3) is 5.88. The highest BCUT2D eigenvalue weighted by Gasteiger charge is 2.25. The van der Waals surface area contributed by atoms with Crippen LogP contribution < -0.4 is 0 Å². The molecule has 0 aliphatic carbocycles. The van der Waals surface area contributed by atoms with Gasteiger partial charge >= 0.3 is 11.9 Å². The van der Waals surface area contributed by atoms with Crippen molar-refractivity contribution in [1.82, 2.24) is 0 Å². The molecule has 4 heteroatoms. The molecule has 0 saturated heterocycles. The number of hydrogen-bond acceptors (Lipinski definition) is 2. The van der Waals surface area contributed by atoms with E-state index in [1.807, 2.05) is 0 Å². The molecule has 0 bridgehead atoms. The third-order valence-corrected chi connectivity index (χ3v) is 2.42. The van der Waals surface area contributed by atoms with Crippen molar-refractivity contribution in [3.05, 3.63) is 12.7 Å². The topological polar surface area (TPSA) is 74.6 Å². The molecule has 2 N–H and O–H groups in total. The molecule has 0 aromatic carbocycles. The fourth-order valence-corrected chi connectivity index (χ4v) is 1.55. The lowest BCUT2D eigenvalue weighted by molar-refractivity contribution is -0.145. The summed E-state index contributed by atoms with van der Waals surface area (Å²) in [7, 11) is 0. The van der Waals surface area contributed by atoms with Crippen molar-refractivity contribution in [3.8, 4) is 0 Å². The van der Waals surface area contributed by atoms with Crippen molar-refractivity contribution in [3.63, 3.8) is 0 Å². The first-order valence-corrected chi connectivity index (χ1v) is 5.04. The molecule has 15 heavy (non-hydrogen) atoms. The lowest BCUT2D eigenvalue weighted by Crippen LogP contribution is -2.23. The Morgan fingerprint density at radius 2 is 2.00 bits per heavy atom. The van der Waals surface area contributed by atoms with E-state index in [1.165, 1.54) is 0 Å². The molecule has 0 amide bonds. The van der Waals surface area contributed by atoms with Crippen LogP contribution in [0.5, 0.6) is 0 Å². The monoisotopic (exact) mass is 214 g/mol. The maximum atomic E-state index is 10.9. The summed E-state index contributed by atoms with van der Waals surface area (Å²) >= 11 is 0. The second-order valence-electron chi connectivity index (χ2n) is 3.74. The number of aliphatic carboxylic acids is 2. The zero-order valence-electron chi connectivity index (χ0n) is 8.98. The van der Waals surface area contributed by atoms with Crippen molar-refractivity contribution in [2.24, 2.45) is 11.8 Å². The maximum Gasteiger partial charge on any atom is 0.306 e. The van der Waals surface area contributed by atoms with Crippen LogP contribution in [-0.4, -0.2) is 22.2 Å². The lowest BCUT2D eigenvalue weighted by Gasteiger charge is -2.17. The predicted octanol–water partition coefficient (Wildman–Crippen LogP) is 2.15. The van der Waals surface area contributed by atoms with Gasteiger partial charge in [-0.15, -0.1) is 6.58 Å². The summed E-state index contributed by atoms with van der Waals surface area (Å²) in [5.41, 5.74) is 0. The first kappa shape index (κ1) is 13.7. The fraction of sp³-hybridized carbons (Fsp3) is 0.636. The molecule has 0 aromatic heterocycles. The van der Waals surface area contributed by atoms with Crippen LogP contribution >= 0.6 is 0 Å². The summed E-state index contributed by atoms with van der Waals surface area (Å²) < 4.78 is 0. The summed E-state index contributed by atoms with van der Waals surface area (Å²) in [6.45, 7) is 5.22. The molecule has 0 radical (unpaired) electrons. The van der Waals surface area contributed by atoms with E-state index in [0.29, 0.717) is 6.42 Å². The molecule has 0 aliphatic heterocycles. The molecule has 0 heterocycles.